The van der Waals surface area contributed by atoms with Gasteiger partial charge in [0.25, 0.3) is 0 Å². The summed E-state index contributed by atoms with van der Waals surface area (Å²) in [4.78, 5) is 4.05. The van der Waals surface area contributed by atoms with Crippen molar-refractivity contribution in [2.45, 2.75) is 30.8 Å². The minimum Gasteiger partial charge on any atom is -0.356 e. The van der Waals surface area contributed by atoms with Gasteiger partial charge in [0, 0.05) is 37.7 Å². The number of halogens is 5. The van der Waals surface area contributed by atoms with Gasteiger partial charge in [-0.15, -0.1) is 0 Å². The lowest BCUT2D eigenvalue weighted by molar-refractivity contribution is -0.0494. The summed E-state index contributed by atoms with van der Waals surface area (Å²) in [7, 11) is -3.74. The summed E-state index contributed by atoms with van der Waals surface area (Å²) in [6.07, 6.45) is 0.960. The van der Waals surface area contributed by atoms with Crippen molar-refractivity contribution in [2.75, 3.05) is 26.7 Å². The number of rotatable bonds is 5. The average Bonchev–Trinajstić information content (AvgIpc) is 2.62. The molecule has 28 heavy (non-hydrogen) atoms. The number of guanidine groups is 1. The van der Waals surface area contributed by atoms with Gasteiger partial charge in [0.05, 0.1) is 0 Å². The lowest BCUT2D eigenvalue weighted by atomic mass is 10.1. The number of aliphatic imine (C=N–C) groups is 1. The Balaban J connectivity index is 1.81. The first-order chi connectivity index (χ1) is 13.0. The molecule has 158 valence electrons. The van der Waals surface area contributed by atoms with Gasteiger partial charge in [-0.3, -0.25) is 4.99 Å². The van der Waals surface area contributed by atoms with Crippen LogP contribution in [0.25, 0.3) is 0 Å². The lowest BCUT2D eigenvalue weighted by Crippen LogP contribution is -2.51. The SMILES string of the molecule is CN=C(NCCc1ccc(F)cc1Cl)NC1CCN(S(=O)(=O)C(F)(F)F)CC1. The predicted octanol–water partition coefficient (Wildman–Crippen LogP) is 2.50. The van der Waals surface area contributed by atoms with E-state index in [1.54, 1.807) is 13.1 Å². The second-order valence-corrected chi connectivity index (χ2v) is 8.59. The highest BCUT2D eigenvalue weighted by Gasteiger charge is 2.50. The van der Waals surface area contributed by atoms with E-state index >= 15 is 0 Å². The molecule has 0 radical (unpaired) electrons. The zero-order valence-corrected chi connectivity index (χ0v) is 16.6. The van der Waals surface area contributed by atoms with Crippen molar-refractivity contribution in [3.63, 3.8) is 0 Å². The molecule has 6 nitrogen and oxygen atoms in total. The first kappa shape index (κ1) is 22.7. The maximum atomic E-state index is 13.0. The average molecular weight is 445 g/mol. The van der Waals surface area contributed by atoms with Crippen molar-refractivity contribution < 1.29 is 26.0 Å². The van der Waals surface area contributed by atoms with Crippen molar-refractivity contribution in [3.8, 4) is 0 Å². The molecule has 0 unspecified atom stereocenters. The third-order valence-corrected chi connectivity index (χ3v) is 6.33. The molecule has 1 aliphatic heterocycles. The molecule has 1 aromatic carbocycles. The van der Waals surface area contributed by atoms with E-state index in [2.05, 4.69) is 15.6 Å². The van der Waals surface area contributed by atoms with Crippen LogP contribution in [0.4, 0.5) is 17.6 Å². The molecule has 1 aromatic rings. The van der Waals surface area contributed by atoms with Crippen molar-refractivity contribution in [1.29, 1.82) is 0 Å². The normalized spacial score (nSPS) is 17.6. The molecule has 1 saturated heterocycles. The van der Waals surface area contributed by atoms with Crippen molar-refractivity contribution in [1.82, 2.24) is 14.9 Å². The van der Waals surface area contributed by atoms with Crippen LogP contribution < -0.4 is 10.6 Å². The van der Waals surface area contributed by atoms with E-state index in [-0.39, 0.29) is 32.0 Å². The minimum atomic E-state index is -5.29. The Morgan fingerprint density at radius 3 is 2.50 bits per heavy atom. The van der Waals surface area contributed by atoms with Gasteiger partial charge < -0.3 is 10.6 Å². The highest BCUT2D eigenvalue weighted by molar-refractivity contribution is 7.90. The first-order valence-corrected chi connectivity index (χ1v) is 10.3. The van der Waals surface area contributed by atoms with Gasteiger partial charge in [0.2, 0.25) is 0 Å². The number of nitrogens with one attached hydrogen (secondary N) is 2. The largest absolute Gasteiger partial charge is 0.511 e. The molecule has 2 N–H and O–H groups in total. The molecule has 0 atom stereocenters. The zero-order chi connectivity index (χ0) is 20.9. The number of sulfonamides is 1. The van der Waals surface area contributed by atoms with E-state index in [0.717, 1.165) is 5.56 Å². The van der Waals surface area contributed by atoms with Crippen molar-refractivity contribution in [2.24, 2.45) is 4.99 Å². The fourth-order valence-electron chi connectivity index (χ4n) is 2.81. The maximum absolute atomic E-state index is 13.0. The van der Waals surface area contributed by atoms with E-state index in [4.69, 9.17) is 11.6 Å². The number of benzene rings is 1. The summed E-state index contributed by atoms with van der Waals surface area (Å²) in [6.45, 7) is 0.00963. The molecule has 1 fully saturated rings. The first-order valence-electron chi connectivity index (χ1n) is 8.52. The topological polar surface area (TPSA) is 73.8 Å². The van der Waals surface area contributed by atoms with Crippen LogP contribution in [0.1, 0.15) is 18.4 Å². The van der Waals surface area contributed by atoms with Crippen LogP contribution in [-0.4, -0.2) is 56.9 Å². The van der Waals surface area contributed by atoms with Crippen molar-refractivity contribution in [3.05, 3.63) is 34.6 Å². The van der Waals surface area contributed by atoms with Gasteiger partial charge in [-0.1, -0.05) is 17.7 Å². The van der Waals surface area contributed by atoms with Crippen LogP contribution in [0.2, 0.25) is 5.02 Å². The Morgan fingerprint density at radius 1 is 1.32 bits per heavy atom. The minimum absolute atomic E-state index is 0.208. The van der Waals surface area contributed by atoms with Crippen LogP contribution in [0.15, 0.2) is 23.2 Å². The summed E-state index contributed by atoms with van der Waals surface area (Å²) >= 11 is 5.97. The molecule has 0 amide bonds. The van der Waals surface area contributed by atoms with Crippen LogP contribution in [0.5, 0.6) is 0 Å². The van der Waals surface area contributed by atoms with Gasteiger partial charge in [-0.05, 0) is 37.0 Å². The summed E-state index contributed by atoms with van der Waals surface area (Å²) in [5.74, 6) is 0.0217. The number of alkyl halides is 3. The Bertz CT molecular complexity index is 809. The molecule has 0 aromatic heterocycles. The standard InChI is InChI=1S/C16H21ClF4N4O2S/c1-22-15(23-7-4-11-2-3-12(18)10-14(11)17)24-13-5-8-25(9-6-13)28(26,27)16(19,20)21/h2-3,10,13H,4-9H2,1H3,(H2,22,23,24). The smallest absolute Gasteiger partial charge is 0.356 e. The van der Waals surface area contributed by atoms with Crippen LogP contribution in [-0.2, 0) is 16.4 Å². The van der Waals surface area contributed by atoms with E-state index in [1.165, 1.54) is 12.1 Å². The van der Waals surface area contributed by atoms with Gasteiger partial charge in [0.15, 0.2) is 5.96 Å². The van der Waals surface area contributed by atoms with Gasteiger partial charge in [-0.2, -0.15) is 17.5 Å². The molecule has 12 heteroatoms. The predicted molar refractivity (Wildman–Crippen MR) is 99.2 cm³/mol. The Hall–Kier alpha value is -1.59. The molecule has 1 heterocycles. The molecule has 0 spiro atoms. The van der Waals surface area contributed by atoms with Gasteiger partial charge >= 0.3 is 15.5 Å². The molecular weight excluding hydrogens is 424 g/mol. The second-order valence-electron chi connectivity index (χ2n) is 6.25. The third kappa shape index (κ3) is 5.71. The number of piperidine rings is 1. The summed E-state index contributed by atoms with van der Waals surface area (Å²) in [6, 6.07) is 3.93. The number of hydrogen-bond acceptors (Lipinski definition) is 3. The monoisotopic (exact) mass is 444 g/mol. The molecule has 2 rings (SSSR count). The third-order valence-electron chi connectivity index (χ3n) is 4.35. The molecule has 1 aliphatic rings. The van der Waals surface area contributed by atoms with Gasteiger partial charge in [0.1, 0.15) is 5.82 Å². The Morgan fingerprint density at radius 2 is 1.96 bits per heavy atom. The molecular formula is C16H21ClF4N4O2S. The van der Waals surface area contributed by atoms with Crippen LogP contribution in [0.3, 0.4) is 0 Å². The lowest BCUT2D eigenvalue weighted by Gasteiger charge is -2.32. The van der Waals surface area contributed by atoms with E-state index in [1.807, 2.05) is 0 Å². The van der Waals surface area contributed by atoms with Crippen molar-refractivity contribution >= 4 is 27.6 Å². The van der Waals surface area contributed by atoms with E-state index in [9.17, 15) is 26.0 Å². The summed E-state index contributed by atoms with van der Waals surface area (Å²) in [5, 5.41) is 6.44. The number of nitrogens with zero attached hydrogens (tertiary/aromatic N) is 2. The zero-order valence-electron chi connectivity index (χ0n) is 15.1. The summed E-state index contributed by atoms with van der Waals surface area (Å²) in [5.41, 5.74) is -4.52. The van der Waals surface area contributed by atoms with E-state index in [0.29, 0.717) is 28.3 Å². The fourth-order valence-corrected chi connectivity index (χ4v) is 4.06. The molecule has 0 saturated carbocycles. The highest BCUT2D eigenvalue weighted by atomic mass is 35.5. The maximum Gasteiger partial charge on any atom is 0.511 e. The van der Waals surface area contributed by atoms with Gasteiger partial charge in [-0.25, -0.2) is 12.8 Å². The molecule has 0 aliphatic carbocycles. The second kappa shape index (κ2) is 9.27. The fraction of sp³-hybridized carbons (Fsp3) is 0.562. The Kier molecular flexibility index (Phi) is 7.52. The summed E-state index contributed by atoms with van der Waals surface area (Å²) < 4.78 is 74.2. The Labute approximate surface area is 166 Å². The highest BCUT2D eigenvalue weighted by Crippen LogP contribution is 2.28. The van der Waals surface area contributed by atoms with Crippen LogP contribution >= 0.6 is 11.6 Å². The quantitative estimate of drug-likeness (QED) is 0.416. The number of hydrogen-bond donors (Lipinski definition) is 2. The molecule has 0 bridgehead atoms. The van der Waals surface area contributed by atoms with E-state index < -0.39 is 21.3 Å². The van der Waals surface area contributed by atoms with Crippen LogP contribution in [0, 0.1) is 5.82 Å².